The van der Waals surface area contributed by atoms with Gasteiger partial charge in [0.15, 0.2) is 0 Å². The first-order chi connectivity index (χ1) is 12.1. The summed E-state index contributed by atoms with van der Waals surface area (Å²) in [6.45, 7) is 1.64. The van der Waals surface area contributed by atoms with E-state index in [9.17, 15) is 14.7 Å². The fraction of sp³-hybridized carbons (Fsp3) is 0.579. The van der Waals surface area contributed by atoms with Crippen molar-refractivity contribution in [1.29, 1.82) is 0 Å². The van der Waals surface area contributed by atoms with Gasteiger partial charge in [-0.2, -0.15) is 0 Å². The van der Waals surface area contributed by atoms with Gasteiger partial charge in [-0.15, -0.1) is 11.8 Å². The topological polar surface area (TPSA) is 60.9 Å². The summed E-state index contributed by atoms with van der Waals surface area (Å²) >= 11 is 1.65. The summed E-state index contributed by atoms with van der Waals surface area (Å²) in [5.41, 5.74) is 2.08. The van der Waals surface area contributed by atoms with E-state index in [4.69, 9.17) is 0 Å². The number of benzene rings is 1. The average molecular weight is 360 g/mol. The van der Waals surface area contributed by atoms with Gasteiger partial charge in [-0.05, 0) is 30.4 Å². The Balaban J connectivity index is 1.41. The number of likely N-dealkylation sites (tertiary alicyclic amines) is 1. The van der Waals surface area contributed by atoms with Crippen molar-refractivity contribution in [2.24, 2.45) is 5.92 Å². The third kappa shape index (κ3) is 3.17. The Labute approximate surface area is 152 Å². The van der Waals surface area contributed by atoms with E-state index < -0.39 is 6.10 Å². The number of carbonyl (C=O) groups excluding carboxylic acids is 2. The van der Waals surface area contributed by atoms with E-state index in [0.29, 0.717) is 18.1 Å². The second-order valence-corrected chi connectivity index (χ2v) is 8.22. The summed E-state index contributed by atoms with van der Waals surface area (Å²) < 4.78 is 0. The minimum Gasteiger partial charge on any atom is -0.388 e. The number of fused-ring (bicyclic) bond motifs is 1. The van der Waals surface area contributed by atoms with Gasteiger partial charge in [0.2, 0.25) is 11.8 Å². The highest BCUT2D eigenvalue weighted by Crippen LogP contribution is 2.38. The minimum atomic E-state index is -0.580. The van der Waals surface area contributed by atoms with E-state index in [1.165, 1.54) is 0 Å². The summed E-state index contributed by atoms with van der Waals surface area (Å²) in [5, 5.41) is 10.5. The lowest BCUT2D eigenvalue weighted by molar-refractivity contribution is -0.143. The summed E-state index contributed by atoms with van der Waals surface area (Å²) in [4.78, 5) is 29.2. The molecule has 3 aliphatic rings. The van der Waals surface area contributed by atoms with E-state index in [0.717, 1.165) is 43.5 Å². The fourth-order valence-corrected chi connectivity index (χ4v) is 5.40. The second-order valence-electron chi connectivity index (χ2n) is 7.22. The molecule has 2 fully saturated rings. The van der Waals surface area contributed by atoms with Gasteiger partial charge in [-0.3, -0.25) is 9.59 Å². The Kier molecular flexibility index (Phi) is 4.73. The Morgan fingerprint density at radius 2 is 1.96 bits per heavy atom. The van der Waals surface area contributed by atoms with Crippen LogP contribution < -0.4 is 0 Å². The normalized spacial score (nSPS) is 28.4. The molecule has 25 heavy (non-hydrogen) atoms. The van der Waals surface area contributed by atoms with Gasteiger partial charge >= 0.3 is 0 Å². The van der Waals surface area contributed by atoms with Crippen molar-refractivity contribution in [3.05, 3.63) is 35.4 Å². The minimum absolute atomic E-state index is 0.000553. The highest BCUT2D eigenvalue weighted by atomic mass is 32.2. The van der Waals surface area contributed by atoms with Crippen molar-refractivity contribution >= 4 is 23.6 Å². The maximum absolute atomic E-state index is 12.9. The second kappa shape index (κ2) is 7.00. The quantitative estimate of drug-likeness (QED) is 0.893. The first kappa shape index (κ1) is 16.9. The molecule has 1 aromatic rings. The molecule has 1 aliphatic carbocycles. The van der Waals surface area contributed by atoms with Crippen LogP contribution in [0, 0.1) is 5.92 Å². The molecule has 1 N–H and O–H groups in total. The van der Waals surface area contributed by atoms with Gasteiger partial charge in [0.1, 0.15) is 6.04 Å². The molecule has 0 aromatic heterocycles. The van der Waals surface area contributed by atoms with E-state index in [1.54, 1.807) is 16.7 Å². The van der Waals surface area contributed by atoms with Crippen LogP contribution in [0.5, 0.6) is 0 Å². The van der Waals surface area contributed by atoms with Crippen molar-refractivity contribution < 1.29 is 14.7 Å². The maximum atomic E-state index is 12.9. The molecule has 4 rings (SSSR count). The number of rotatable bonds is 3. The van der Waals surface area contributed by atoms with Crippen LogP contribution in [0.3, 0.4) is 0 Å². The van der Waals surface area contributed by atoms with Crippen LogP contribution in [0.2, 0.25) is 0 Å². The van der Waals surface area contributed by atoms with Crippen LogP contribution in [0.4, 0.5) is 0 Å². The molecule has 0 radical (unpaired) electrons. The van der Waals surface area contributed by atoms with Gasteiger partial charge in [-0.25, -0.2) is 0 Å². The number of nitrogens with zero attached hydrogens (tertiary/aromatic N) is 2. The molecule has 2 saturated heterocycles. The number of aliphatic hydroxyl groups excluding tert-OH is 1. The number of amides is 2. The van der Waals surface area contributed by atoms with Crippen molar-refractivity contribution in [2.45, 2.75) is 37.8 Å². The third-order valence-electron chi connectivity index (χ3n) is 5.64. The standard InChI is InChI=1S/C19H24N2O3S/c22-17(10-14-9-13-5-1-2-6-15(13)18(14)23)21-12-25-11-16(21)19(24)20-7-3-4-8-20/h1-2,5-6,14,16,18,23H,3-4,7-12H2/t14?,16-,18?/m0/s1. The maximum Gasteiger partial charge on any atom is 0.246 e. The zero-order valence-corrected chi connectivity index (χ0v) is 15.1. The van der Waals surface area contributed by atoms with Crippen LogP contribution in [0.15, 0.2) is 24.3 Å². The molecule has 1 aromatic carbocycles. The molecule has 0 bridgehead atoms. The fourth-order valence-electron chi connectivity index (χ4n) is 4.22. The molecule has 2 heterocycles. The summed E-state index contributed by atoms with van der Waals surface area (Å²) in [7, 11) is 0. The van der Waals surface area contributed by atoms with Crippen LogP contribution in [0.25, 0.3) is 0 Å². The van der Waals surface area contributed by atoms with Gasteiger partial charge < -0.3 is 14.9 Å². The zero-order chi connectivity index (χ0) is 17.4. The lowest BCUT2D eigenvalue weighted by Crippen LogP contribution is -2.48. The van der Waals surface area contributed by atoms with Crippen LogP contribution >= 0.6 is 11.8 Å². The smallest absolute Gasteiger partial charge is 0.246 e. The van der Waals surface area contributed by atoms with Crippen LogP contribution in [-0.2, 0) is 16.0 Å². The first-order valence-corrected chi connectivity index (χ1v) is 10.2. The number of aliphatic hydroxyl groups is 1. The van der Waals surface area contributed by atoms with E-state index in [2.05, 4.69) is 0 Å². The van der Waals surface area contributed by atoms with Crippen molar-refractivity contribution in [3.8, 4) is 0 Å². The van der Waals surface area contributed by atoms with E-state index in [-0.39, 0.29) is 23.8 Å². The van der Waals surface area contributed by atoms with Gasteiger partial charge in [0.05, 0.1) is 12.0 Å². The van der Waals surface area contributed by atoms with Crippen LogP contribution in [0.1, 0.15) is 36.5 Å². The molecule has 0 spiro atoms. The van der Waals surface area contributed by atoms with E-state index >= 15 is 0 Å². The van der Waals surface area contributed by atoms with Crippen molar-refractivity contribution in [2.75, 3.05) is 24.7 Å². The average Bonchev–Trinajstić information content (AvgIpc) is 3.35. The molecular formula is C19H24N2O3S. The molecule has 2 aliphatic heterocycles. The van der Waals surface area contributed by atoms with Gasteiger partial charge in [0, 0.05) is 31.2 Å². The summed E-state index contributed by atoms with van der Waals surface area (Å²) in [6.07, 6.45) is 2.58. The largest absolute Gasteiger partial charge is 0.388 e. The number of hydrogen-bond donors (Lipinski definition) is 1. The first-order valence-electron chi connectivity index (χ1n) is 9.07. The highest BCUT2D eigenvalue weighted by molar-refractivity contribution is 7.99. The van der Waals surface area contributed by atoms with Gasteiger partial charge in [-0.1, -0.05) is 24.3 Å². The van der Waals surface area contributed by atoms with Crippen molar-refractivity contribution in [3.63, 3.8) is 0 Å². The molecule has 2 unspecified atom stereocenters. The SMILES string of the molecule is O=C([C@@H]1CSCN1C(=O)CC1Cc2ccccc2C1O)N1CCCC1. The monoisotopic (exact) mass is 360 g/mol. The molecule has 134 valence electrons. The summed E-state index contributed by atoms with van der Waals surface area (Å²) in [5.74, 6) is 1.29. The molecule has 5 nitrogen and oxygen atoms in total. The third-order valence-corrected chi connectivity index (χ3v) is 6.66. The lowest BCUT2D eigenvalue weighted by Gasteiger charge is -2.28. The van der Waals surface area contributed by atoms with Crippen LogP contribution in [-0.4, -0.2) is 57.5 Å². The van der Waals surface area contributed by atoms with Gasteiger partial charge in [0.25, 0.3) is 0 Å². The molecule has 2 amide bonds. The Hall–Kier alpha value is -1.53. The Bertz CT molecular complexity index is 674. The number of carbonyl (C=O) groups is 2. The molecule has 0 saturated carbocycles. The molecule has 6 heteroatoms. The summed E-state index contributed by atoms with van der Waals surface area (Å²) in [6, 6.07) is 7.53. The number of thioether (sulfide) groups is 1. The Morgan fingerprint density at radius 1 is 1.20 bits per heavy atom. The molecular weight excluding hydrogens is 336 g/mol. The zero-order valence-electron chi connectivity index (χ0n) is 14.3. The van der Waals surface area contributed by atoms with Crippen molar-refractivity contribution in [1.82, 2.24) is 9.80 Å². The Morgan fingerprint density at radius 3 is 2.72 bits per heavy atom. The number of hydrogen-bond acceptors (Lipinski definition) is 4. The highest BCUT2D eigenvalue weighted by Gasteiger charge is 2.40. The lowest BCUT2D eigenvalue weighted by atomic mass is 9.98. The predicted molar refractivity (Wildman–Crippen MR) is 97.0 cm³/mol. The van der Waals surface area contributed by atoms with E-state index in [1.807, 2.05) is 29.2 Å². The molecule has 3 atom stereocenters. The predicted octanol–water partition coefficient (Wildman–Crippen LogP) is 1.81.